The zero-order valence-electron chi connectivity index (χ0n) is 42.1. The van der Waals surface area contributed by atoms with Crippen molar-refractivity contribution >= 4 is 34.6 Å². The molecule has 0 saturated carbocycles. The van der Waals surface area contributed by atoms with Crippen molar-refractivity contribution in [1.29, 1.82) is 0 Å². The van der Waals surface area contributed by atoms with Gasteiger partial charge in [-0.3, -0.25) is 29.9 Å². The third-order valence-corrected chi connectivity index (χ3v) is 15.9. The molecular formula is C60H63N9. The van der Waals surface area contributed by atoms with Crippen LogP contribution >= 0.6 is 0 Å². The Hall–Kier alpha value is -7.26. The number of hydrogen-bond acceptors (Lipinski definition) is 9. The lowest BCUT2D eigenvalue weighted by Crippen LogP contribution is -2.53. The summed E-state index contributed by atoms with van der Waals surface area (Å²) in [6.45, 7) is 26.8. The zero-order chi connectivity index (χ0) is 48.7. The van der Waals surface area contributed by atoms with E-state index in [0.717, 1.165) is 85.0 Å². The van der Waals surface area contributed by atoms with Crippen molar-refractivity contribution in [3.8, 4) is 33.8 Å². The minimum absolute atomic E-state index is 0.314. The molecule has 0 radical (unpaired) electrons. The summed E-state index contributed by atoms with van der Waals surface area (Å²) < 4.78 is 0. The maximum absolute atomic E-state index is 5.29. The number of amidine groups is 3. The van der Waals surface area contributed by atoms with Gasteiger partial charge in [0.2, 0.25) is 0 Å². The van der Waals surface area contributed by atoms with E-state index in [-0.39, 0.29) is 33.2 Å². The standard InChI is InChI=1S/C60H63N9/c1-55(2)58(7,8)67(52(64-55)40-22-16-13-17-23-40)46-28-31-49(61-37-46)43-34-44(50-32-29-47(38-62-50)68-53(41-24-18-14-19-25-41)65-56(3,4)59(68,9)10)36-45(35-43)51-33-30-48(39-63-51)69-54(42-26-20-15-21-27-42)66-57(5,6)60(69,11)12/h13-39H,1-12H3. The largest absolute Gasteiger partial charge is 0.317 e. The van der Waals surface area contributed by atoms with E-state index in [1.807, 2.05) is 36.8 Å². The zero-order valence-corrected chi connectivity index (χ0v) is 42.1. The summed E-state index contributed by atoms with van der Waals surface area (Å²) in [5.74, 6) is 2.83. The molecule has 10 rings (SSSR count). The predicted octanol–water partition coefficient (Wildman–Crippen LogP) is 13.3. The predicted molar refractivity (Wildman–Crippen MR) is 287 cm³/mol. The van der Waals surface area contributed by atoms with Gasteiger partial charge in [0.1, 0.15) is 17.5 Å². The Morgan fingerprint density at radius 3 is 0.754 bits per heavy atom. The van der Waals surface area contributed by atoms with E-state index in [1.165, 1.54) is 0 Å². The van der Waals surface area contributed by atoms with E-state index in [9.17, 15) is 0 Å². The highest BCUT2D eigenvalue weighted by Gasteiger charge is 2.52. The van der Waals surface area contributed by atoms with E-state index < -0.39 is 0 Å². The van der Waals surface area contributed by atoms with Gasteiger partial charge in [0.15, 0.2) is 0 Å². The Bertz CT molecular complexity index is 2780. The maximum atomic E-state index is 5.29. The van der Waals surface area contributed by atoms with Crippen LogP contribution in [0.3, 0.4) is 0 Å². The van der Waals surface area contributed by atoms with Gasteiger partial charge in [-0.05, 0) is 138 Å². The number of rotatable bonds is 9. The van der Waals surface area contributed by atoms with E-state index >= 15 is 0 Å². The smallest absolute Gasteiger partial charge is 0.136 e. The maximum Gasteiger partial charge on any atom is 0.136 e. The van der Waals surface area contributed by atoms with Crippen molar-refractivity contribution in [2.75, 3.05) is 14.7 Å². The minimum atomic E-state index is -0.335. The molecule has 3 aliphatic rings. The van der Waals surface area contributed by atoms with Gasteiger partial charge < -0.3 is 14.7 Å². The second-order valence-electron chi connectivity index (χ2n) is 21.8. The normalized spacial score (nSPS) is 19.3. The van der Waals surface area contributed by atoms with Gasteiger partial charge in [-0.15, -0.1) is 0 Å². The number of aromatic nitrogens is 3. The van der Waals surface area contributed by atoms with Crippen LogP contribution in [-0.4, -0.2) is 65.7 Å². The fraction of sp³-hybridized carbons (Fsp3) is 0.300. The van der Waals surface area contributed by atoms with Crippen LogP contribution in [0.1, 0.15) is 99.8 Å². The first-order valence-corrected chi connectivity index (χ1v) is 24.1. The first-order valence-electron chi connectivity index (χ1n) is 24.1. The monoisotopic (exact) mass is 910 g/mol. The second kappa shape index (κ2) is 16.2. The highest BCUT2D eigenvalue weighted by molar-refractivity contribution is 6.14. The third kappa shape index (κ3) is 7.54. The van der Waals surface area contributed by atoms with E-state index in [0.29, 0.717) is 0 Å². The van der Waals surface area contributed by atoms with Gasteiger partial charge in [0.05, 0.1) is 86.0 Å². The summed E-state index contributed by atoms with van der Waals surface area (Å²) in [7, 11) is 0. The van der Waals surface area contributed by atoms with E-state index in [2.05, 4.69) is 225 Å². The Balaban J connectivity index is 1.05. The number of nitrogens with zero attached hydrogens (tertiary/aromatic N) is 9. The van der Waals surface area contributed by atoms with Crippen LogP contribution in [0.4, 0.5) is 17.1 Å². The number of anilines is 3. The van der Waals surface area contributed by atoms with E-state index in [1.54, 1.807) is 0 Å². The number of benzene rings is 4. The average Bonchev–Trinajstić information content (AvgIpc) is 3.76. The highest BCUT2D eigenvalue weighted by atomic mass is 15.4. The number of pyridine rings is 3. The van der Waals surface area contributed by atoms with Crippen LogP contribution in [0, 0.1) is 0 Å². The second-order valence-corrected chi connectivity index (χ2v) is 21.8. The summed E-state index contributed by atoms with van der Waals surface area (Å²) in [6.07, 6.45) is 5.96. The molecule has 7 aromatic rings. The van der Waals surface area contributed by atoms with Crippen LogP contribution in [0.25, 0.3) is 33.8 Å². The Labute approximate surface area is 408 Å². The molecule has 6 heterocycles. The molecule has 0 unspecified atom stereocenters. The molecule has 9 nitrogen and oxygen atoms in total. The molecule has 0 N–H and O–H groups in total. The van der Waals surface area contributed by atoms with Crippen molar-refractivity contribution in [2.45, 2.75) is 116 Å². The van der Waals surface area contributed by atoms with Gasteiger partial charge in [-0.25, -0.2) is 0 Å². The first-order chi connectivity index (χ1) is 32.7. The molecule has 0 saturated heterocycles. The van der Waals surface area contributed by atoms with Crippen LogP contribution < -0.4 is 14.7 Å². The SMILES string of the molecule is CC1(C)N=C(c2ccccc2)N(c2ccc(-c3cc(-c4ccc(N5C(c6ccccc6)=NC(C)(C)C5(C)C)cn4)cc(-c4ccc(N5C(c6ccccc6)=NC(C)(C)C5(C)C)cn4)c3)nc2)C1(C)C. The third-order valence-electron chi connectivity index (χ3n) is 15.9. The molecule has 0 atom stereocenters. The Kier molecular flexibility index (Phi) is 10.7. The lowest BCUT2D eigenvalue weighted by molar-refractivity contribution is 0.338. The molecule has 3 aliphatic heterocycles. The Morgan fingerprint density at radius 1 is 0.290 bits per heavy atom. The molecule has 69 heavy (non-hydrogen) atoms. The molecular weight excluding hydrogens is 847 g/mol. The van der Waals surface area contributed by atoms with Gasteiger partial charge in [-0.1, -0.05) is 91.0 Å². The van der Waals surface area contributed by atoms with Crippen molar-refractivity contribution in [1.82, 2.24) is 15.0 Å². The molecule has 9 heteroatoms. The fourth-order valence-corrected chi connectivity index (χ4v) is 9.79. The van der Waals surface area contributed by atoms with Crippen molar-refractivity contribution in [3.63, 3.8) is 0 Å². The summed E-state index contributed by atoms with van der Waals surface area (Å²) in [5.41, 5.74) is 9.68. The molecule has 0 fully saturated rings. The van der Waals surface area contributed by atoms with Crippen LogP contribution in [0.5, 0.6) is 0 Å². The van der Waals surface area contributed by atoms with Gasteiger partial charge in [0.25, 0.3) is 0 Å². The number of hydrogen-bond donors (Lipinski definition) is 0. The van der Waals surface area contributed by atoms with Crippen LogP contribution in [-0.2, 0) is 0 Å². The van der Waals surface area contributed by atoms with Gasteiger partial charge >= 0.3 is 0 Å². The molecule has 0 aliphatic carbocycles. The average molecular weight is 910 g/mol. The molecule has 348 valence electrons. The molecule has 4 aromatic carbocycles. The van der Waals surface area contributed by atoms with Crippen molar-refractivity contribution in [3.05, 3.63) is 181 Å². The quantitative estimate of drug-likeness (QED) is 0.143. The van der Waals surface area contributed by atoms with Crippen LogP contribution in [0.2, 0.25) is 0 Å². The summed E-state index contributed by atoms with van der Waals surface area (Å²) in [5, 5.41) is 0. The van der Waals surface area contributed by atoms with E-state index in [4.69, 9.17) is 29.9 Å². The molecule has 0 bridgehead atoms. The van der Waals surface area contributed by atoms with Crippen molar-refractivity contribution in [2.24, 2.45) is 15.0 Å². The topological polar surface area (TPSA) is 85.5 Å². The summed E-state index contributed by atoms with van der Waals surface area (Å²) >= 11 is 0. The highest BCUT2D eigenvalue weighted by Crippen LogP contribution is 2.46. The van der Waals surface area contributed by atoms with Gasteiger partial charge in [0, 0.05) is 33.4 Å². The molecule has 3 aromatic heterocycles. The molecule has 0 amide bonds. The lowest BCUT2D eigenvalue weighted by atomic mass is 9.83. The van der Waals surface area contributed by atoms with Gasteiger partial charge in [-0.2, -0.15) is 0 Å². The number of aliphatic imine (C=N–C) groups is 3. The molecule has 0 spiro atoms. The summed E-state index contributed by atoms with van der Waals surface area (Å²) in [4.78, 5) is 38.5. The Morgan fingerprint density at radius 2 is 0.536 bits per heavy atom. The minimum Gasteiger partial charge on any atom is -0.317 e. The van der Waals surface area contributed by atoms with Crippen molar-refractivity contribution < 1.29 is 0 Å². The fourth-order valence-electron chi connectivity index (χ4n) is 9.79. The lowest BCUT2D eigenvalue weighted by Gasteiger charge is -2.41. The summed E-state index contributed by atoms with van der Waals surface area (Å²) in [6, 6.07) is 50.8. The van der Waals surface area contributed by atoms with Crippen LogP contribution in [0.15, 0.2) is 179 Å². The first kappa shape index (κ1) is 45.5.